The summed E-state index contributed by atoms with van der Waals surface area (Å²) >= 11 is 0. The van der Waals surface area contributed by atoms with Gasteiger partial charge in [-0.2, -0.15) is 0 Å². The van der Waals surface area contributed by atoms with Crippen LogP contribution >= 0.6 is 0 Å². The van der Waals surface area contributed by atoms with Crippen LogP contribution in [0.5, 0.6) is 0 Å². The zero-order chi connectivity index (χ0) is 16.4. The van der Waals surface area contributed by atoms with Gasteiger partial charge in [0.25, 0.3) is 0 Å². The van der Waals surface area contributed by atoms with Crippen molar-refractivity contribution in [2.75, 3.05) is 43.1 Å². The molecule has 0 radical (unpaired) electrons. The number of nitrogens with one attached hydrogen (secondary N) is 1. The molecule has 6 nitrogen and oxygen atoms in total. The Hall–Kier alpha value is -2.08. The first-order valence-electron chi connectivity index (χ1n) is 8.07. The first-order valence-corrected chi connectivity index (χ1v) is 8.07. The van der Waals surface area contributed by atoms with Gasteiger partial charge in [0.1, 0.15) is 6.29 Å². The molecule has 1 amide bonds. The number of carbonyl (C=O) groups is 2. The summed E-state index contributed by atoms with van der Waals surface area (Å²) in [5, 5.41) is 11.9. The van der Waals surface area contributed by atoms with E-state index in [1.807, 2.05) is 12.1 Å². The molecule has 1 saturated heterocycles. The molecule has 1 aromatic rings. The van der Waals surface area contributed by atoms with E-state index in [0.29, 0.717) is 13.0 Å². The van der Waals surface area contributed by atoms with E-state index < -0.39 is 0 Å². The maximum absolute atomic E-state index is 11.6. The average Bonchev–Trinajstić information content (AvgIpc) is 2.58. The van der Waals surface area contributed by atoms with E-state index in [2.05, 4.69) is 34.3 Å². The highest BCUT2D eigenvalue weighted by atomic mass is 16.3. The number of aliphatic hydroxyl groups is 1. The van der Waals surface area contributed by atoms with Crippen LogP contribution in [0.1, 0.15) is 6.42 Å². The van der Waals surface area contributed by atoms with E-state index in [1.54, 1.807) is 0 Å². The number of hydrogen-bond donors (Lipinski definition) is 2. The zero-order valence-electron chi connectivity index (χ0n) is 13.3. The average molecular weight is 317 g/mol. The number of rotatable bonds is 6. The fourth-order valence-corrected chi connectivity index (χ4v) is 3.55. The highest BCUT2D eigenvalue weighted by molar-refractivity contribution is 5.87. The monoisotopic (exact) mass is 317 g/mol. The highest BCUT2D eigenvalue weighted by Crippen LogP contribution is 2.33. The zero-order valence-corrected chi connectivity index (χ0v) is 13.3. The molecule has 1 fully saturated rings. The van der Waals surface area contributed by atoms with Gasteiger partial charge in [-0.3, -0.25) is 4.79 Å². The van der Waals surface area contributed by atoms with Gasteiger partial charge in [-0.1, -0.05) is 12.1 Å². The normalized spacial score (nSPS) is 24.5. The van der Waals surface area contributed by atoms with Crippen molar-refractivity contribution >= 4 is 23.6 Å². The van der Waals surface area contributed by atoms with Gasteiger partial charge in [0.05, 0.1) is 29.3 Å². The number of aliphatic hydroxyl groups excluding tert-OH is 1. The Labute approximate surface area is 136 Å². The van der Waals surface area contributed by atoms with E-state index in [0.717, 1.165) is 30.8 Å². The number of amides is 1. The van der Waals surface area contributed by atoms with E-state index in [4.69, 9.17) is 5.11 Å². The molecule has 0 aliphatic carbocycles. The van der Waals surface area contributed by atoms with Gasteiger partial charge in [-0.15, -0.1) is 0 Å². The first kappa shape index (κ1) is 15.8. The number of nitrogens with zero attached hydrogens (tertiary/aromatic N) is 2. The van der Waals surface area contributed by atoms with Crippen molar-refractivity contribution in [3.8, 4) is 0 Å². The number of aldehydes is 1. The largest absolute Gasteiger partial charge is 0.396 e. The van der Waals surface area contributed by atoms with Gasteiger partial charge in [0.2, 0.25) is 5.91 Å². The van der Waals surface area contributed by atoms with E-state index >= 15 is 0 Å². The van der Waals surface area contributed by atoms with Gasteiger partial charge in [0, 0.05) is 33.3 Å². The van der Waals surface area contributed by atoms with Crippen LogP contribution in [0.3, 0.4) is 0 Å². The van der Waals surface area contributed by atoms with Crippen LogP contribution in [0.15, 0.2) is 24.3 Å². The Morgan fingerprint density at radius 3 is 2.74 bits per heavy atom. The molecule has 0 bridgehead atoms. The molecule has 2 N–H and O–H groups in total. The fraction of sp³-hybridized carbons (Fsp3) is 0.529. The summed E-state index contributed by atoms with van der Waals surface area (Å²) in [5.41, 5.74) is 2.28. The fourth-order valence-electron chi connectivity index (χ4n) is 3.55. The van der Waals surface area contributed by atoms with Crippen LogP contribution in [-0.2, 0) is 9.59 Å². The van der Waals surface area contributed by atoms with E-state index in [9.17, 15) is 9.59 Å². The minimum atomic E-state index is -0.263. The lowest BCUT2D eigenvalue weighted by atomic mass is 9.79. The topological polar surface area (TPSA) is 72.9 Å². The quantitative estimate of drug-likeness (QED) is 0.581. The molecule has 2 heterocycles. The maximum atomic E-state index is 11.6. The summed E-state index contributed by atoms with van der Waals surface area (Å²) in [6.07, 6.45) is 1.36. The SMILES string of the molecule is CN1CCN(C[C@@H](C=O)[C@H]2NC(=O)[C@H]2CCO)c2ccccc21. The molecule has 0 aromatic heterocycles. The third kappa shape index (κ3) is 2.91. The minimum Gasteiger partial charge on any atom is -0.396 e. The summed E-state index contributed by atoms with van der Waals surface area (Å²) in [4.78, 5) is 27.6. The lowest BCUT2D eigenvalue weighted by Gasteiger charge is -2.43. The Morgan fingerprint density at radius 2 is 2.09 bits per heavy atom. The van der Waals surface area contributed by atoms with Crippen molar-refractivity contribution in [3.05, 3.63) is 24.3 Å². The molecule has 2 aliphatic rings. The lowest BCUT2D eigenvalue weighted by Crippen LogP contribution is -2.63. The molecule has 0 unspecified atom stereocenters. The summed E-state index contributed by atoms with van der Waals surface area (Å²) in [6.45, 7) is 2.31. The van der Waals surface area contributed by atoms with Gasteiger partial charge in [-0.25, -0.2) is 0 Å². The van der Waals surface area contributed by atoms with E-state index in [1.165, 1.54) is 0 Å². The Balaban J connectivity index is 1.74. The van der Waals surface area contributed by atoms with Gasteiger partial charge < -0.3 is 25.0 Å². The number of benzene rings is 1. The van der Waals surface area contributed by atoms with E-state index in [-0.39, 0.29) is 30.4 Å². The van der Waals surface area contributed by atoms with Crippen LogP contribution in [0, 0.1) is 11.8 Å². The summed E-state index contributed by atoms with van der Waals surface area (Å²) < 4.78 is 0. The molecule has 2 aliphatic heterocycles. The number of likely N-dealkylation sites (N-methyl/N-ethyl adjacent to an activating group) is 1. The summed E-state index contributed by atoms with van der Waals surface area (Å²) in [5.74, 6) is -0.576. The van der Waals surface area contributed by atoms with Crippen LogP contribution in [0.4, 0.5) is 11.4 Å². The summed E-state index contributed by atoms with van der Waals surface area (Å²) in [6, 6.07) is 7.99. The highest BCUT2D eigenvalue weighted by Gasteiger charge is 2.44. The Kier molecular flexibility index (Phi) is 4.52. The van der Waals surface area contributed by atoms with Crippen LogP contribution in [0.2, 0.25) is 0 Å². The third-order valence-electron chi connectivity index (χ3n) is 4.93. The van der Waals surface area contributed by atoms with Gasteiger partial charge >= 0.3 is 0 Å². The molecule has 0 spiro atoms. The van der Waals surface area contributed by atoms with Gasteiger partial charge in [0.15, 0.2) is 0 Å². The smallest absolute Gasteiger partial charge is 0.225 e. The Bertz CT molecular complexity index is 592. The summed E-state index contributed by atoms with van der Waals surface area (Å²) in [7, 11) is 2.07. The van der Waals surface area contributed by atoms with Crippen molar-refractivity contribution in [1.82, 2.24) is 5.32 Å². The maximum Gasteiger partial charge on any atom is 0.225 e. The van der Waals surface area contributed by atoms with Crippen molar-refractivity contribution < 1.29 is 14.7 Å². The molecular formula is C17H23N3O3. The molecule has 6 heteroatoms. The predicted molar refractivity (Wildman–Crippen MR) is 88.6 cm³/mol. The molecule has 3 rings (SSSR count). The molecular weight excluding hydrogens is 294 g/mol. The number of fused-ring (bicyclic) bond motifs is 1. The second-order valence-electron chi connectivity index (χ2n) is 6.31. The number of carbonyl (C=O) groups excluding carboxylic acids is 2. The number of para-hydroxylation sites is 2. The van der Waals surface area contributed by atoms with Crippen molar-refractivity contribution in [2.45, 2.75) is 12.5 Å². The molecule has 23 heavy (non-hydrogen) atoms. The van der Waals surface area contributed by atoms with Gasteiger partial charge in [-0.05, 0) is 18.6 Å². The minimum absolute atomic E-state index is 0.0303. The van der Waals surface area contributed by atoms with Crippen molar-refractivity contribution in [3.63, 3.8) is 0 Å². The van der Waals surface area contributed by atoms with Crippen LogP contribution in [-0.4, -0.2) is 56.6 Å². The molecule has 3 atom stereocenters. The number of hydrogen-bond acceptors (Lipinski definition) is 5. The van der Waals surface area contributed by atoms with Crippen LogP contribution in [0.25, 0.3) is 0 Å². The first-order chi connectivity index (χ1) is 11.2. The number of β-lactam (4-membered cyclic amide) rings is 1. The predicted octanol–water partition coefficient (Wildman–Crippen LogP) is 0.255. The number of anilines is 2. The van der Waals surface area contributed by atoms with Crippen molar-refractivity contribution in [2.24, 2.45) is 11.8 Å². The third-order valence-corrected chi connectivity index (χ3v) is 4.93. The second-order valence-corrected chi connectivity index (χ2v) is 6.31. The molecule has 1 aromatic carbocycles. The molecule has 124 valence electrons. The molecule has 0 saturated carbocycles. The second kappa shape index (κ2) is 6.58. The standard InChI is InChI=1S/C17H23N3O3/c1-19-7-8-20(15-5-3-2-4-14(15)19)10-12(11-22)16-13(6-9-21)17(23)18-16/h2-5,11-13,16,21H,6-10H2,1H3,(H,18,23)/t12-,13-,16+/m0/s1. The lowest BCUT2D eigenvalue weighted by molar-refractivity contribution is -0.138. The Morgan fingerprint density at radius 1 is 1.35 bits per heavy atom. The van der Waals surface area contributed by atoms with Crippen LogP contribution < -0.4 is 15.1 Å². The van der Waals surface area contributed by atoms with Crippen molar-refractivity contribution in [1.29, 1.82) is 0 Å².